The molecule has 1 aliphatic heterocycles. The third kappa shape index (κ3) is 3.99. The highest BCUT2D eigenvalue weighted by Crippen LogP contribution is 2.17. The zero-order valence-electron chi connectivity index (χ0n) is 13.5. The van der Waals surface area contributed by atoms with Crippen molar-refractivity contribution in [1.82, 2.24) is 14.9 Å². The summed E-state index contributed by atoms with van der Waals surface area (Å²) in [6.45, 7) is 4.10. The predicted molar refractivity (Wildman–Crippen MR) is 88.1 cm³/mol. The summed E-state index contributed by atoms with van der Waals surface area (Å²) in [5.74, 6) is 0.0906. The maximum atomic E-state index is 12.5. The number of nitrogens with zero attached hydrogens (tertiary/aromatic N) is 2. The monoisotopic (exact) mass is 313 g/mol. The van der Waals surface area contributed by atoms with Gasteiger partial charge in [0.2, 0.25) is 0 Å². The minimum absolute atomic E-state index is 0.0906. The Morgan fingerprint density at radius 1 is 1.30 bits per heavy atom. The van der Waals surface area contributed by atoms with Crippen molar-refractivity contribution in [2.75, 3.05) is 13.1 Å². The number of ether oxygens (including phenoxy) is 1. The van der Waals surface area contributed by atoms with Gasteiger partial charge in [-0.1, -0.05) is 13.0 Å². The highest BCUT2D eigenvalue weighted by molar-refractivity contribution is 5.92. The Morgan fingerprint density at radius 2 is 2.13 bits per heavy atom. The second-order valence-electron chi connectivity index (χ2n) is 5.87. The number of amides is 1. The lowest BCUT2D eigenvalue weighted by molar-refractivity contribution is -0.00172. The highest BCUT2D eigenvalue weighted by atomic mass is 16.5. The fraction of sp³-hybridized carbons (Fsp3) is 0.444. The first-order valence-electron chi connectivity index (χ1n) is 8.25. The average Bonchev–Trinajstić information content (AvgIpc) is 3.10. The number of H-pyrrole nitrogens is 1. The van der Waals surface area contributed by atoms with Crippen molar-refractivity contribution < 1.29 is 9.53 Å². The van der Waals surface area contributed by atoms with E-state index in [4.69, 9.17) is 4.74 Å². The van der Waals surface area contributed by atoms with Crippen molar-refractivity contribution in [1.29, 1.82) is 0 Å². The molecule has 0 aromatic carbocycles. The standard InChI is InChI=1S/C18H23N3O2/c1-2-14-6-7-17(20-14)18(22)21-11-8-16(9-12-21)23-13-15-5-3-4-10-19-15/h3-7,10,16,20H,2,8-9,11-13H2,1H3. The van der Waals surface area contributed by atoms with Gasteiger partial charge in [0.05, 0.1) is 18.4 Å². The van der Waals surface area contributed by atoms with E-state index in [9.17, 15) is 4.79 Å². The Bertz CT molecular complexity index is 631. The Kier molecular flexibility index (Phi) is 5.08. The summed E-state index contributed by atoms with van der Waals surface area (Å²) in [5.41, 5.74) is 2.74. The Labute approximate surface area is 136 Å². The summed E-state index contributed by atoms with van der Waals surface area (Å²) >= 11 is 0. The first-order chi connectivity index (χ1) is 11.3. The molecule has 1 saturated heterocycles. The summed E-state index contributed by atoms with van der Waals surface area (Å²) < 4.78 is 5.92. The zero-order chi connectivity index (χ0) is 16.1. The molecule has 0 aliphatic carbocycles. The number of hydrogen-bond donors (Lipinski definition) is 1. The predicted octanol–water partition coefficient (Wildman–Crippen LogP) is 2.79. The van der Waals surface area contributed by atoms with Crippen LogP contribution in [0.5, 0.6) is 0 Å². The second kappa shape index (κ2) is 7.42. The maximum Gasteiger partial charge on any atom is 0.270 e. The van der Waals surface area contributed by atoms with Gasteiger partial charge >= 0.3 is 0 Å². The maximum absolute atomic E-state index is 12.5. The van der Waals surface area contributed by atoms with Gasteiger partial charge < -0.3 is 14.6 Å². The van der Waals surface area contributed by atoms with Crippen LogP contribution in [0.1, 0.15) is 41.6 Å². The number of pyridine rings is 1. The van der Waals surface area contributed by atoms with Crippen LogP contribution in [0.4, 0.5) is 0 Å². The lowest BCUT2D eigenvalue weighted by Gasteiger charge is -2.31. The first-order valence-corrected chi connectivity index (χ1v) is 8.25. The zero-order valence-corrected chi connectivity index (χ0v) is 13.5. The quantitative estimate of drug-likeness (QED) is 0.923. The van der Waals surface area contributed by atoms with Gasteiger partial charge in [-0.2, -0.15) is 0 Å². The van der Waals surface area contributed by atoms with E-state index in [1.54, 1.807) is 6.20 Å². The molecule has 0 bridgehead atoms. The van der Waals surface area contributed by atoms with E-state index in [-0.39, 0.29) is 12.0 Å². The number of likely N-dealkylation sites (tertiary alicyclic amines) is 1. The molecule has 23 heavy (non-hydrogen) atoms. The van der Waals surface area contributed by atoms with Crippen LogP contribution in [0.15, 0.2) is 36.5 Å². The fourth-order valence-corrected chi connectivity index (χ4v) is 2.85. The molecule has 5 heteroatoms. The summed E-state index contributed by atoms with van der Waals surface area (Å²) in [4.78, 5) is 21.8. The molecule has 3 rings (SSSR count). The normalized spacial score (nSPS) is 15.8. The number of aromatic amines is 1. The third-order valence-corrected chi connectivity index (χ3v) is 4.28. The molecule has 122 valence electrons. The Hall–Kier alpha value is -2.14. The number of aryl methyl sites for hydroxylation is 1. The van der Waals surface area contributed by atoms with Crippen LogP contribution in [0.2, 0.25) is 0 Å². The first kappa shape index (κ1) is 15.7. The van der Waals surface area contributed by atoms with Crippen molar-refractivity contribution in [3.05, 3.63) is 53.6 Å². The molecule has 0 atom stereocenters. The van der Waals surface area contributed by atoms with Crippen LogP contribution in [0, 0.1) is 0 Å². The van der Waals surface area contributed by atoms with E-state index in [1.165, 1.54) is 0 Å². The van der Waals surface area contributed by atoms with Crippen molar-refractivity contribution in [2.24, 2.45) is 0 Å². The van der Waals surface area contributed by atoms with Crippen LogP contribution in [0.3, 0.4) is 0 Å². The highest BCUT2D eigenvalue weighted by Gasteiger charge is 2.24. The van der Waals surface area contributed by atoms with Crippen LogP contribution in [-0.4, -0.2) is 40.0 Å². The van der Waals surface area contributed by atoms with Gasteiger partial charge in [-0.25, -0.2) is 0 Å². The van der Waals surface area contributed by atoms with E-state index in [0.29, 0.717) is 12.3 Å². The largest absolute Gasteiger partial charge is 0.372 e. The van der Waals surface area contributed by atoms with Gasteiger partial charge in [0.25, 0.3) is 5.91 Å². The van der Waals surface area contributed by atoms with Crippen LogP contribution >= 0.6 is 0 Å². The number of nitrogens with one attached hydrogen (secondary N) is 1. The van der Waals surface area contributed by atoms with Crippen molar-refractivity contribution in [3.63, 3.8) is 0 Å². The molecule has 5 nitrogen and oxygen atoms in total. The van der Waals surface area contributed by atoms with Crippen molar-refractivity contribution in [2.45, 2.75) is 38.9 Å². The van der Waals surface area contributed by atoms with Crippen LogP contribution in [-0.2, 0) is 17.8 Å². The lowest BCUT2D eigenvalue weighted by atomic mass is 10.1. The third-order valence-electron chi connectivity index (χ3n) is 4.28. The van der Waals surface area contributed by atoms with Crippen molar-refractivity contribution in [3.8, 4) is 0 Å². The average molecular weight is 313 g/mol. The summed E-state index contributed by atoms with van der Waals surface area (Å²) in [6.07, 6.45) is 4.65. The molecule has 0 radical (unpaired) electrons. The smallest absolute Gasteiger partial charge is 0.270 e. The number of carbonyl (C=O) groups is 1. The molecule has 1 N–H and O–H groups in total. The van der Waals surface area contributed by atoms with E-state index >= 15 is 0 Å². The summed E-state index contributed by atoms with van der Waals surface area (Å²) in [6, 6.07) is 9.70. The number of hydrogen-bond acceptors (Lipinski definition) is 3. The Balaban J connectivity index is 1.47. The fourth-order valence-electron chi connectivity index (χ4n) is 2.85. The molecule has 0 saturated carbocycles. The van der Waals surface area contributed by atoms with E-state index < -0.39 is 0 Å². The molecule has 0 spiro atoms. The molecule has 3 heterocycles. The summed E-state index contributed by atoms with van der Waals surface area (Å²) in [5, 5.41) is 0. The number of rotatable bonds is 5. The van der Waals surface area contributed by atoms with Gasteiger partial charge in [0.15, 0.2) is 0 Å². The van der Waals surface area contributed by atoms with E-state index in [1.807, 2.05) is 35.2 Å². The number of carbonyl (C=O) groups excluding carboxylic acids is 1. The minimum atomic E-state index is 0.0906. The second-order valence-corrected chi connectivity index (χ2v) is 5.87. The van der Waals surface area contributed by atoms with Gasteiger partial charge in [-0.15, -0.1) is 0 Å². The minimum Gasteiger partial charge on any atom is -0.372 e. The molecule has 2 aromatic rings. The lowest BCUT2D eigenvalue weighted by Crippen LogP contribution is -2.41. The molecular formula is C18H23N3O2. The van der Waals surface area contributed by atoms with E-state index in [0.717, 1.165) is 43.7 Å². The summed E-state index contributed by atoms with van der Waals surface area (Å²) in [7, 11) is 0. The molecule has 2 aromatic heterocycles. The molecule has 1 fully saturated rings. The van der Waals surface area contributed by atoms with Crippen LogP contribution < -0.4 is 0 Å². The number of piperidine rings is 1. The van der Waals surface area contributed by atoms with Gasteiger partial charge in [-0.05, 0) is 43.5 Å². The number of aromatic nitrogens is 2. The van der Waals surface area contributed by atoms with Crippen molar-refractivity contribution >= 4 is 5.91 Å². The molecular weight excluding hydrogens is 290 g/mol. The SMILES string of the molecule is CCc1ccc(C(=O)N2CCC(OCc3ccccn3)CC2)[nH]1. The van der Waals surface area contributed by atoms with Gasteiger partial charge in [0, 0.05) is 25.0 Å². The molecule has 0 unspecified atom stereocenters. The Morgan fingerprint density at radius 3 is 2.78 bits per heavy atom. The molecule has 1 aliphatic rings. The van der Waals surface area contributed by atoms with Gasteiger partial charge in [-0.3, -0.25) is 9.78 Å². The van der Waals surface area contributed by atoms with Gasteiger partial charge in [0.1, 0.15) is 5.69 Å². The van der Waals surface area contributed by atoms with Crippen LogP contribution in [0.25, 0.3) is 0 Å². The van der Waals surface area contributed by atoms with E-state index in [2.05, 4.69) is 16.9 Å². The topological polar surface area (TPSA) is 58.2 Å². The molecule has 1 amide bonds.